The van der Waals surface area contributed by atoms with Gasteiger partial charge in [-0.3, -0.25) is 10.1 Å². The fourth-order valence-corrected chi connectivity index (χ4v) is 3.75. The van der Waals surface area contributed by atoms with Crippen LogP contribution in [0.4, 0.5) is 10.5 Å². The van der Waals surface area contributed by atoms with Crippen LogP contribution in [0.25, 0.3) is 16.8 Å². The molecule has 4 N–H and O–H groups in total. The number of aliphatic imine (C=N–C) groups is 1. The number of nitrogens with two attached hydrogens (primary N) is 1. The minimum Gasteiger partial charge on any atom is -0.369 e. The highest BCUT2D eigenvalue weighted by molar-refractivity contribution is 5.96. The topological polar surface area (TPSA) is 119 Å². The number of carbonyl (C=O) groups excluding carboxylic acids is 1. The smallest absolute Gasteiger partial charge is 0.321 e. The van der Waals surface area contributed by atoms with Crippen molar-refractivity contribution in [2.45, 2.75) is 19.9 Å². The van der Waals surface area contributed by atoms with Crippen molar-refractivity contribution in [3.8, 4) is 16.8 Å². The van der Waals surface area contributed by atoms with E-state index in [9.17, 15) is 9.59 Å². The first-order valence-corrected chi connectivity index (χ1v) is 11.3. The van der Waals surface area contributed by atoms with Crippen molar-refractivity contribution in [3.05, 3.63) is 101 Å². The number of rotatable bonds is 6. The second kappa shape index (κ2) is 10.5. The molecule has 2 amide bonds. The molecule has 0 aliphatic carbocycles. The number of hydrogen-bond donors (Lipinski definition) is 3. The Morgan fingerprint density at radius 2 is 1.83 bits per heavy atom. The molecule has 0 aliphatic heterocycles. The quantitative estimate of drug-likeness (QED) is 0.295. The van der Waals surface area contributed by atoms with Crippen molar-refractivity contribution in [1.82, 2.24) is 25.0 Å². The molecule has 4 aromatic rings. The van der Waals surface area contributed by atoms with Gasteiger partial charge in [-0.2, -0.15) is 5.10 Å². The van der Waals surface area contributed by atoms with E-state index in [-0.39, 0.29) is 17.6 Å². The van der Waals surface area contributed by atoms with Crippen LogP contribution in [0.1, 0.15) is 25.5 Å². The van der Waals surface area contributed by atoms with Gasteiger partial charge in [-0.25, -0.2) is 14.5 Å². The van der Waals surface area contributed by atoms with Gasteiger partial charge >= 0.3 is 6.03 Å². The monoisotopic (exact) mass is 469 g/mol. The van der Waals surface area contributed by atoms with Gasteiger partial charge in [0, 0.05) is 31.2 Å². The van der Waals surface area contributed by atoms with Crippen LogP contribution in [0.2, 0.25) is 0 Å². The van der Waals surface area contributed by atoms with E-state index < -0.39 is 6.03 Å². The Bertz CT molecular complexity index is 1390. The Morgan fingerprint density at radius 3 is 2.51 bits per heavy atom. The van der Waals surface area contributed by atoms with E-state index in [2.05, 4.69) is 20.7 Å². The molecular formula is C26H27N7O2. The Balaban J connectivity index is 1.68. The Hall–Kier alpha value is -4.66. The zero-order valence-corrected chi connectivity index (χ0v) is 19.6. The lowest BCUT2D eigenvalue weighted by atomic mass is 10.0. The molecule has 1 unspecified atom stereocenters. The first kappa shape index (κ1) is 23.5. The lowest BCUT2D eigenvalue weighted by molar-refractivity contribution is 0.245. The van der Waals surface area contributed by atoms with Gasteiger partial charge in [0.25, 0.3) is 5.56 Å². The molecule has 0 saturated carbocycles. The predicted octanol–water partition coefficient (Wildman–Crippen LogP) is 3.58. The van der Waals surface area contributed by atoms with E-state index in [0.717, 1.165) is 16.7 Å². The molecule has 35 heavy (non-hydrogen) atoms. The van der Waals surface area contributed by atoms with E-state index in [0.29, 0.717) is 17.9 Å². The molecule has 0 radical (unpaired) electrons. The number of hydrogen-bond acceptors (Lipinski definition) is 4. The summed E-state index contributed by atoms with van der Waals surface area (Å²) in [6, 6.07) is 20.2. The van der Waals surface area contributed by atoms with Crippen molar-refractivity contribution in [2.24, 2.45) is 10.7 Å². The highest BCUT2D eigenvalue weighted by Gasteiger charge is 2.12. The summed E-state index contributed by atoms with van der Waals surface area (Å²) in [5.41, 5.74) is 9.63. The average Bonchev–Trinajstić information content (AvgIpc) is 3.39. The lowest BCUT2D eigenvalue weighted by Gasteiger charge is -2.16. The molecule has 2 heterocycles. The van der Waals surface area contributed by atoms with Gasteiger partial charge in [-0.15, -0.1) is 0 Å². The summed E-state index contributed by atoms with van der Waals surface area (Å²) in [5, 5.41) is 9.40. The molecule has 0 fully saturated rings. The van der Waals surface area contributed by atoms with Gasteiger partial charge in [-0.1, -0.05) is 36.4 Å². The molecule has 4 rings (SSSR count). The highest BCUT2D eigenvalue weighted by atomic mass is 16.2. The van der Waals surface area contributed by atoms with E-state index in [1.54, 1.807) is 39.8 Å². The Labute approximate surface area is 202 Å². The molecule has 1 atom stereocenters. The fourth-order valence-electron chi connectivity index (χ4n) is 3.75. The maximum Gasteiger partial charge on any atom is 0.321 e. The maximum atomic E-state index is 13.0. The molecule has 0 saturated heterocycles. The van der Waals surface area contributed by atoms with Gasteiger partial charge < -0.3 is 15.6 Å². The summed E-state index contributed by atoms with van der Waals surface area (Å²) in [4.78, 5) is 29.1. The molecule has 9 heteroatoms. The number of nitrogens with zero attached hydrogens (tertiary/aromatic N) is 4. The summed E-state index contributed by atoms with van der Waals surface area (Å²) in [6.07, 6.45) is 5.25. The highest BCUT2D eigenvalue weighted by Crippen LogP contribution is 2.29. The second-order valence-corrected chi connectivity index (χ2v) is 7.88. The third-order valence-corrected chi connectivity index (χ3v) is 5.53. The third-order valence-electron chi connectivity index (χ3n) is 5.53. The summed E-state index contributed by atoms with van der Waals surface area (Å²) in [7, 11) is 0. The fraction of sp³-hybridized carbons (Fsp3) is 0.154. The number of aromatic nitrogens is 3. The van der Waals surface area contributed by atoms with E-state index in [1.807, 2.05) is 68.6 Å². The van der Waals surface area contributed by atoms with Crippen molar-refractivity contribution in [3.63, 3.8) is 0 Å². The van der Waals surface area contributed by atoms with E-state index in [1.165, 1.54) is 0 Å². The second-order valence-electron chi connectivity index (χ2n) is 7.88. The van der Waals surface area contributed by atoms with Crippen molar-refractivity contribution in [2.75, 3.05) is 6.54 Å². The minimum absolute atomic E-state index is 0.0467. The van der Waals surface area contributed by atoms with Gasteiger partial charge in [0.05, 0.1) is 17.4 Å². The minimum atomic E-state index is -0.434. The number of nitrogens with one attached hydrogen (secondary N) is 2. The zero-order valence-electron chi connectivity index (χ0n) is 19.6. The van der Waals surface area contributed by atoms with Gasteiger partial charge in [0.1, 0.15) is 0 Å². The predicted molar refractivity (Wildman–Crippen MR) is 137 cm³/mol. The maximum absolute atomic E-state index is 13.0. The molecule has 0 aliphatic rings. The summed E-state index contributed by atoms with van der Waals surface area (Å²) in [6.45, 7) is 4.27. The van der Waals surface area contributed by atoms with Gasteiger partial charge in [0.2, 0.25) is 5.96 Å². The number of benzene rings is 2. The van der Waals surface area contributed by atoms with Crippen molar-refractivity contribution in [1.29, 1.82) is 0 Å². The first-order valence-electron chi connectivity index (χ1n) is 11.3. The number of carbonyl (C=O) groups is 1. The summed E-state index contributed by atoms with van der Waals surface area (Å²) >= 11 is 0. The molecule has 2 aromatic heterocycles. The molecule has 9 nitrogen and oxygen atoms in total. The molecule has 0 bridgehead atoms. The summed E-state index contributed by atoms with van der Waals surface area (Å²) in [5.74, 6) is -0.0467. The van der Waals surface area contributed by atoms with Gasteiger partial charge in [0.15, 0.2) is 0 Å². The standard InChI is InChI=1S/C26H27N7O2/c1-3-28-26(35)31-25(27)30-22-11-10-20(16-23(22)33-14-7-13-29-33)21-12-15-32(24(34)17-21)18(2)19-8-5-4-6-9-19/h4-18H,3H2,1-2H3,(H4,27,28,30,31,35). The number of urea groups is 1. The van der Waals surface area contributed by atoms with Crippen LogP contribution in [0, 0.1) is 0 Å². The van der Waals surface area contributed by atoms with E-state index in [4.69, 9.17) is 5.73 Å². The number of pyridine rings is 1. The van der Waals surface area contributed by atoms with Gasteiger partial charge in [-0.05, 0) is 54.8 Å². The molecule has 178 valence electrons. The largest absolute Gasteiger partial charge is 0.369 e. The van der Waals surface area contributed by atoms with Crippen LogP contribution in [-0.4, -0.2) is 32.9 Å². The zero-order chi connectivity index (χ0) is 24.8. The molecular weight excluding hydrogens is 442 g/mol. The first-order chi connectivity index (χ1) is 17.0. The van der Waals surface area contributed by atoms with Crippen molar-refractivity contribution < 1.29 is 4.79 Å². The van der Waals surface area contributed by atoms with Crippen molar-refractivity contribution >= 4 is 17.7 Å². The van der Waals surface area contributed by atoms with Crippen LogP contribution >= 0.6 is 0 Å². The lowest BCUT2D eigenvalue weighted by Crippen LogP contribution is -2.43. The van der Waals surface area contributed by atoms with Crippen LogP contribution < -0.4 is 21.9 Å². The van der Waals surface area contributed by atoms with E-state index >= 15 is 0 Å². The Morgan fingerprint density at radius 1 is 1.06 bits per heavy atom. The number of amides is 2. The van der Waals surface area contributed by atoms with Crippen LogP contribution in [0.15, 0.2) is 95.1 Å². The van der Waals surface area contributed by atoms with Crippen LogP contribution in [-0.2, 0) is 0 Å². The van der Waals surface area contributed by atoms with Crippen LogP contribution in [0.5, 0.6) is 0 Å². The number of guanidine groups is 1. The SMILES string of the molecule is CCNC(=O)NC(N)=Nc1ccc(-c2ccn(C(C)c3ccccc3)c(=O)c2)cc1-n1cccn1. The summed E-state index contributed by atoms with van der Waals surface area (Å²) < 4.78 is 3.36. The normalized spacial score (nSPS) is 12.2. The third kappa shape index (κ3) is 5.47. The molecule has 2 aromatic carbocycles. The molecule has 0 spiro atoms. The Kier molecular flexibility index (Phi) is 7.06. The van der Waals surface area contributed by atoms with Crippen LogP contribution in [0.3, 0.4) is 0 Å². The average molecular weight is 470 g/mol.